The first-order chi connectivity index (χ1) is 29.2. The summed E-state index contributed by atoms with van der Waals surface area (Å²) >= 11 is 0. The van der Waals surface area contributed by atoms with Crippen LogP contribution in [-0.4, -0.2) is 103 Å². The van der Waals surface area contributed by atoms with E-state index in [1.165, 1.54) is 4.31 Å². The molecule has 4 saturated carbocycles. The Morgan fingerprint density at radius 2 is 1.60 bits per heavy atom. The summed E-state index contributed by atoms with van der Waals surface area (Å²) in [6.45, 7) is 9.27. The Labute approximate surface area is 354 Å². The lowest BCUT2D eigenvalue weighted by molar-refractivity contribution is -0.147. The zero-order chi connectivity index (χ0) is 46.3. The third kappa shape index (κ3) is 7.22. The standard InChI is InChI=1S/C45H71N5O7S/c1-8-31-26-43(31,40(55)47-58(56,57)49-23-13-14-24-49)28-36(52)34-27-45(42(6,7)44(45)20-16-21-44)29-50(34)39(54)32(41(3,4)5)25-35(51)37(30-17-11-10-12-18-30)46-38(53)33-19-15-22-48(33)9-2/h8,30-34,37H,1,9-29H2,2-7H3,(H,46,53)(H,47,55)/t31-,32-,33+,34+,37?,43-,45-/m1/s1/i2D3,9D2. The largest absolute Gasteiger partial charge is 0.345 e. The predicted octanol–water partition coefficient (Wildman–Crippen LogP) is 5.56. The van der Waals surface area contributed by atoms with Crippen LogP contribution in [0.5, 0.6) is 0 Å². The van der Waals surface area contributed by atoms with Crippen LogP contribution in [0.2, 0.25) is 0 Å². The normalized spacial score (nSPS) is 34.8. The second kappa shape index (κ2) is 15.7. The van der Waals surface area contributed by atoms with Gasteiger partial charge in [0.15, 0.2) is 11.6 Å². The molecule has 13 heteroatoms. The molecular weight excluding hydrogens is 755 g/mol. The van der Waals surface area contributed by atoms with Crippen molar-refractivity contribution in [3.05, 3.63) is 12.7 Å². The molecule has 2 spiro atoms. The number of hydrogen-bond acceptors (Lipinski definition) is 8. The number of carbonyl (C=O) groups excluding carboxylic acids is 5. The highest BCUT2D eigenvalue weighted by Crippen LogP contribution is 2.88. The quantitative estimate of drug-likeness (QED) is 0.204. The maximum atomic E-state index is 15.4. The molecule has 324 valence electrons. The molecule has 3 saturated heterocycles. The third-order valence-electron chi connectivity index (χ3n) is 16.7. The molecule has 0 bridgehead atoms. The molecule has 7 aliphatic rings. The number of nitrogens with one attached hydrogen (secondary N) is 2. The van der Waals surface area contributed by atoms with Crippen LogP contribution in [0.15, 0.2) is 12.7 Å². The summed E-state index contributed by atoms with van der Waals surface area (Å²) in [5.41, 5.74) is -2.63. The Balaban J connectivity index is 1.15. The lowest BCUT2D eigenvalue weighted by atomic mass is 9.73. The van der Waals surface area contributed by atoms with Crippen LogP contribution in [0.25, 0.3) is 0 Å². The van der Waals surface area contributed by atoms with Gasteiger partial charge in [0, 0.05) is 50.7 Å². The van der Waals surface area contributed by atoms with Crippen LogP contribution in [0.4, 0.5) is 0 Å². The van der Waals surface area contributed by atoms with Gasteiger partial charge in [-0.2, -0.15) is 12.7 Å². The van der Waals surface area contributed by atoms with Gasteiger partial charge in [0.1, 0.15) is 0 Å². The first kappa shape index (κ1) is 37.1. The second-order valence-corrected chi connectivity index (χ2v) is 22.3. The Kier molecular flexibility index (Phi) is 10.0. The van der Waals surface area contributed by atoms with Gasteiger partial charge in [-0.05, 0) is 105 Å². The molecule has 0 aromatic carbocycles. The van der Waals surface area contributed by atoms with E-state index in [-0.39, 0.29) is 71.9 Å². The molecule has 3 aliphatic heterocycles. The molecule has 3 heterocycles. The van der Waals surface area contributed by atoms with Crippen molar-refractivity contribution in [2.75, 3.05) is 32.7 Å². The lowest BCUT2D eigenvalue weighted by Crippen LogP contribution is -2.54. The number of nitrogens with zero attached hydrogens (tertiary/aromatic N) is 3. The fraction of sp³-hybridized carbons (Fsp3) is 0.844. The van der Waals surface area contributed by atoms with Gasteiger partial charge in [-0.1, -0.05) is 73.2 Å². The van der Waals surface area contributed by atoms with E-state index in [1.54, 1.807) is 11.0 Å². The maximum absolute atomic E-state index is 15.4. The number of fused-ring (bicyclic) bond motifs is 1. The van der Waals surface area contributed by atoms with Crippen molar-refractivity contribution >= 4 is 39.5 Å². The van der Waals surface area contributed by atoms with Crippen molar-refractivity contribution in [1.29, 1.82) is 0 Å². The number of ketones is 2. The molecule has 3 amide bonds. The minimum Gasteiger partial charge on any atom is -0.345 e. The highest BCUT2D eigenvalue weighted by molar-refractivity contribution is 7.87. The van der Waals surface area contributed by atoms with E-state index >= 15 is 4.79 Å². The third-order valence-corrected chi connectivity index (χ3v) is 18.2. The van der Waals surface area contributed by atoms with Crippen LogP contribution in [-0.2, 0) is 34.2 Å². The molecule has 4 aliphatic carbocycles. The highest BCUT2D eigenvalue weighted by atomic mass is 32.2. The SMILES string of the molecule is [2H]C([2H])([2H])C([2H])([2H])N1CCC[C@H]1C(=O)NC(C(=O)C[C@H](C(=O)N1C[C@]2(C[C@H]1C(=O)C[C@]1(C(=O)NS(=O)(=O)N3CCCC3)C[C@H]1C=C)C(C)(C)C21CCC1)C(C)(C)C)C1CCCCC1. The molecule has 1 unspecified atom stereocenters. The molecule has 0 aromatic heterocycles. The highest BCUT2D eigenvalue weighted by Gasteiger charge is 2.85. The molecule has 2 N–H and O–H groups in total. The average Bonchev–Trinajstić information content (AvgIpc) is 3.61. The maximum Gasteiger partial charge on any atom is 0.303 e. The Morgan fingerprint density at radius 1 is 0.914 bits per heavy atom. The van der Waals surface area contributed by atoms with Crippen molar-refractivity contribution in [3.8, 4) is 0 Å². The number of amides is 3. The lowest BCUT2D eigenvalue weighted by Gasteiger charge is -2.37. The fourth-order valence-electron chi connectivity index (χ4n) is 12.6. The summed E-state index contributed by atoms with van der Waals surface area (Å²) in [5.74, 6) is -3.83. The summed E-state index contributed by atoms with van der Waals surface area (Å²) in [6, 6.07) is -2.94. The van der Waals surface area contributed by atoms with Crippen molar-refractivity contribution < 1.29 is 39.2 Å². The topological polar surface area (TPSA) is 153 Å². The van der Waals surface area contributed by atoms with Gasteiger partial charge in [0.25, 0.3) is 0 Å². The van der Waals surface area contributed by atoms with E-state index in [2.05, 4.69) is 30.5 Å². The van der Waals surface area contributed by atoms with Gasteiger partial charge in [0.05, 0.1) is 23.5 Å². The molecule has 12 nitrogen and oxygen atoms in total. The molecule has 0 radical (unpaired) electrons. The Hall–Kier alpha value is -2.64. The molecular formula is C45H71N5O7S. The minimum atomic E-state index is -4.11. The van der Waals surface area contributed by atoms with Crippen molar-refractivity contribution in [1.82, 2.24) is 24.1 Å². The average molecular weight is 831 g/mol. The first-order valence-corrected chi connectivity index (χ1v) is 23.5. The number of Topliss-reactive ketones (excluding diaryl/α,β-unsaturated/α-hetero) is 2. The van der Waals surface area contributed by atoms with Crippen molar-refractivity contribution in [2.45, 2.75) is 162 Å². The van der Waals surface area contributed by atoms with E-state index in [4.69, 9.17) is 6.85 Å². The molecule has 7 fully saturated rings. The van der Waals surface area contributed by atoms with E-state index in [0.29, 0.717) is 58.2 Å². The molecule has 7 rings (SSSR count). The number of likely N-dealkylation sites (N-methyl/N-ethyl adjacent to an activating group) is 1. The predicted molar refractivity (Wildman–Crippen MR) is 222 cm³/mol. The summed E-state index contributed by atoms with van der Waals surface area (Å²) < 4.78 is 70.4. The monoisotopic (exact) mass is 831 g/mol. The van der Waals surface area contributed by atoms with E-state index in [1.807, 2.05) is 20.8 Å². The van der Waals surface area contributed by atoms with Gasteiger partial charge in [-0.3, -0.25) is 28.9 Å². The number of hydrogen-bond donors (Lipinski definition) is 2. The number of carbonyl (C=O) groups is 5. The minimum absolute atomic E-state index is 0.0393. The van der Waals surface area contributed by atoms with Crippen LogP contribution < -0.4 is 10.0 Å². The van der Waals surface area contributed by atoms with Crippen LogP contribution in [0.3, 0.4) is 0 Å². The van der Waals surface area contributed by atoms with Crippen LogP contribution in [0.1, 0.15) is 151 Å². The van der Waals surface area contributed by atoms with E-state index < -0.39 is 76.2 Å². The molecule has 7 atom stereocenters. The summed E-state index contributed by atoms with van der Waals surface area (Å²) in [6.07, 6.45) is 10.9. The van der Waals surface area contributed by atoms with Gasteiger partial charge in [0.2, 0.25) is 17.7 Å². The van der Waals surface area contributed by atoms with Crippen molar-refractivity contribution in [3.63, 3.8) is 0 Å². The van der Waals surface area contributed by atoms with Gasteiger partial charge in [-0.15, -0.1) is 6.58 Å². The van der Waals surface area contributed by atoms with E-state index in [0.717, 1.165) is 43.4 Å². The summed E-state index contributed by atoms with van der Waals surface area (Å²) in [5, 5.41) is 2.97. The van der Waals surface area contributed by atoms with Gasteiger partial charge < -0.3 is 10.2 Å². The van der Waals surface area contributed by atoms with Crippen LogP contribution in [0, 0.1) is 44.8 Å². The number of likely N-dealkylation sites (tertiary alicyclic amines) is 2. The smallest absolute Gasteiger partial charge is 0.303 e. The zero-order valence-corrected chi connectivity index (χ0v) is 36.3. The fourth-order valence-corrected chi connectivity index (χ4v) is 13.9. The first-order valence-electron chi connectivity index (χ1n) is 24.6. The van der Waals surface area contributed by atoms with Crippen LogP contribution >= 0.6 is 0 Å². The number of rotatable bonds is 15. The Bertz CT molecular complexity index is 1970. The van der Waals surface area contributed by atoms with Gasteiger partial charge >= 0.3 is 10.2 Å². The van der Waals surface area contributed by atoms with E-state index in [9.17, 15) is 27.6 Å². The van der Waals surface area contributed by atoms with Gasteiger partial charge in [-0.25, -0.2) is 4.72 Å². The summed E-state index contributed by atoms with van der Waals surface area (Å²) in [7, 11) is -4.11. The molecule has 58 heavy (non-hydrogen) atoms. The second-order valence-electron chi connectivity index (χ2n) is 20.7. The Morgan fingerprint density at radius 3 is 2.17 bits per heavy atom. The summed E-state index contributed by atoms with van der Waals surface area (Å²) in [4.78, 5) is 75.9. The van der Waals surface area contributed by atoms with Crippen molar-refractivity contribution in [2.24, 2.45) is 44.8 Å². The zero-order valence-electron chi connectivity index (χ0n) is 40.5. The number of allylic oxidation sites excluding steroid dienone is 1. The molecule has 0 aromatic rings.